The van der Waals surface area contributed by atoms with E-state index in [0.29, 0.717) is 5.56 Å². The van der Waals surface area contributed by atoms with E-state index >= 15 is 0 Å². The first-order chi connectivity index (χ1) is 12.5. The third-order valence-electron chi connectivity index (χ3n) is 4.28. The highest BCUT2D eigenvalue weighted by molar-refractivity contribution is 5.89. The number of rotatable bonds is 6. The first kappa shape index (κ1) is 17.6. The number of hydrogen-bond donors (Lipinski definition) is 3. The lowest BCUT2D eigenvalue weighted by molar-refractivity contribution is -0.133. The van der Waals surface area contributed by atoms with Gasteiger partial charge in [0.1, 0.15) is 6.04 Å². The van der Waals surface area contributed by atoms with Crippen LogP contribution in [0.2, 0.25) is 0 Å². The van der Waals surface area contributed by atoms with Crippen LogP contribution in [0.4, 0.5) is 0 Å². The van der Waals surface area contributed by atoms with Crippen LogP contribution in [0.1, 0.15) is 17.2 Å². The predicted octanol–water partition coefficient (Wildman–Crippen LogP) is 2.09. The van der Waals surface area contributed by atoms with E-state index in [1.165, 1.54) is 0 Å². The van der Waals surface area contributed by atoms with Gasteiger partial charge in [-0.2, -0.15) is 0 Å². The molecule has 0 aromatic heterocycles. The van der Waals surface area contributed by atoms with Crippen molar-refractivity contribution in [1.29, 1.82) is 0 Å². The van der Waals surface area contributed by atoms with Crippen molar-refractivity contribution >= 4 is 22.6 Å². The smallest absolute Gasteiger partial charge is 0.254 e. The van der Waals surface area contributed by atoms with Gasteiger partial charge >= 0.3 is 0 Å². The summed E-state index contributed by atoms with van der Waals surface area (Å²) < 4.78 is 0. The number of fused-ring (bicyclic) bond motifs is 1. The highest BCUT2D eigenvalue weighted by Gasteiger charge is 2.24. The van der Waals surface area contributed by atoms with Gasteiger partial charge in [-0.25, -0.2) is 0 Å². The molecule has 0 heterocycles. The van der Waals surface area contributed by atoms with Gasteiger partial charge in [0.2, 0.25) is 5.91 Å². The quantitative estimate of drug-likeness (QED) is 0.637. The van der Waals surface area contributed by atoms with E-state index in [1.54, 1.807) is 30.3 Å². The molecule has 0 radical (unpaired) electrons. The van der Waals surface area contributed by atoms with Crippen LogP contribution in [0.5, 0.6) is 0 Å². The van der Waals surface area contributed by atoms with Crippen molar-refractivity contribution in [3.63, 3.8) is 0 Å². The average Bonchev–Trinajstić information content (AvgIpc) is 2.67. The highest BCUT2D eigenvalue weighted by Crippen LogP contribution is 2.17. The molecule has 4 N–H and O–H groups in total. The molecule has 2 atom stereocenters. The lowest BCUT2D eigenvalue weighted by Crippen LogP contribution is -2.47. The summed E-state index contributed by atoms with van der Waals surface area (Å²) >= 11 is 0. The van der Waals surface area contributed by atoms with Crippen molar-refractivity contribution in [2.75, 3.05) is 0 Å². The lowest BCUT2D eigenvalue weighted by atomic mass is 10.0. The Balaban J connectivity index is 1.74. The van der Waals surface area contributed by atoms with Crippen LogP contribution in [-0.4, -0.2) is 23.0 Å². The molecule has 0 aliphatic carbocycles. The van der Waals surface area contributed by atoms with Crippen LogP contribution in [0.15, 0.2) is 72.8 Å². The van der Waals surface area contributed by atoms with E-state index in [4.69, 9.17) is 5.73 Å². The van der Waals surface area contributed by atoms with Crippen LogP contribution in [-0.2, 0) is 16.0 Å². The number of hydrogen-bond acceptors (Lipinski definition) is 3. The molecule has 0 bridgehead atoms. The second-order valence-electron chi connectivity index (χ2n) is 6.16. The van der Waals surface area contributed by atoms with Gasteiger partial charge in [-0.15, -0.1) is 0 Å². The van der Waals surface area contributed by atoms with E-state index in [0.717, 1.165) is 16.3 Å². The molecule has 3 aromatic rings. The number of amides is 2. The zero-order chi connectivity index (χ0) is 18.5. The zero-order valence-corrected chi connectivity index (χ0v) is 14.1. The van der Waals surface area contributed by atoms with Gasteiger partial charge in [-0.1, -0.05) is 72.8 Å². The topological polar surface area (TPSA) is 92.4 Å². The lowest BCUT2D eigenvalue weighted by Gasteiger charge is -2.18. The van der Waals surface area contributed by atoms with Gasteiger partial charge < -0.3 is 16.2 Å². The molecule has 0 aliphatic heterocycles. The van der Waals surface area contributed by atoms with Crippen molar-refractivity contribution in [3.8, 4) is 0 Å². The van der Waals surface area contributed by atoms with Gasteiger partial charge in [-0.3, -0.25) is 9.59 Å². The molecule has 0 fully saturated rings. The van der Waals surface area contributed by atoms with Crippen molar-refractivity contribution < 1.29 is 14.7 Å². The minimum absolute atomic E-state index is 0.257. The van der Waals surface area contributed by atoms with Crippen LogP contribution in [0.3, 0.4) is 0 Å². The number of carbonyl (C=O) groups excluding carboxylic acids is 2. The summed E-state index contributed by atoms with van der Waals surface area (Å²) in [4.78, 5) is 24.1. The summed E-state index contributed by atoms with van der Waals surface area (Å²) in [5.41, 5.74) is 6.78. The molecule has 0 spiro atoms. The largest absolute Gasteiger partial charge is 0.378 e. The molecule has 26 heavy (non-hydrogen) atoms. The molecule has 3 aromatic carbocycles. The minimum atomic E-state index is -1.35. The molecule has 5 heteroatoms. The first-order valence-corrected chi connectivity index (χ1v) is 8.35. The fourth-order valence-corrected chi connectivity index (χ4v) is 2.86. The zero-order valence-electron chi connectivity index (χ0n) is 14.1. The van der Waals surface area contributed by atoms with E-state index in [1.807, 2.05) is 42.5 Å². The summed E-state index contributed by atoms with van der Waals surface area (Å²) in [6.07, 6.45) is -1.09. The summed E-state index contributed by atoms with van der Waals surface area (Å²) in [5, 5.41) is 14.8. The van der Waals surface area contributed by atoms with Crippen LogP contribution < -0.4 is 11.1 Å². The number of carbonyl (C=O) groups is 2. The number of benzene rings is 3. The molecule has 5 nitrogen and oxygen atoms in total. The molecular weight excluding hydrogens is 328 g/mol. The maximum absolute atomic E-state index is 12.3. The summed E-state index contributed by atoms with van der Waals surface area (Å²) in [7, 11) is 0. The SMILES string of the molecule is NC(=O)[C@H](Cc1ccc2ccccc2c1)NC(=O)[C@@H](O)c1ccccc1. The molecule has 132 valence electrons. The molecule has 0 saturated heterocycles. The maximum atomic E-state index is 12.3. The third kappa shape index (κ3) is 4.07. The number of aliphatic hydroxyl groups is 1. The van der Waals surface area contributed by atoms with Gasteiger partial charge in [0.25, 0.3) is 5.91 Å². The Morgan fingerprint density at radius 1 is 0.923 bits per heavy atom. The number of primary amides is 1. The summed E-state index contributed by atoms with van der Waals surface area (Å²) in [6.45, 7) is 0. The monoisotopic (exact) mass is 348 g/mol. The first-order valence-electron chi connectivity index (χ1n) is 8.35. The second kappa shape index (κ2) is 7.80. The second-order valence-corrected chi connectivity index (χ2v) is 6.16. The molecule has 2 amide bonds. The Bertz CT molecular complexity index is 925. The Hall–Kier alpha value is -3.18. The van der Waals surface area contributed by atoms with Gasteiger partial charge in [-0.05, 0) is 21.9 Å². The van der Waals surface area contributed by atoms with Crippen molar-refractivity contribution in [2.45, 2.75) is 18.6 Å². The standard InChI is InChI=1S/C21H20N2O3/c22-20(25)18(23-21(26)19(24)16-7-2-1-3-8-16)13-14-10-11-15-6-4-5-9-17(15)12-14/h1-12,18-19,24H,13H2,(H2,22,25)(H,23,26)/t18-,19-/m0/s1. The van der Waals surface area contributed by atoms with Crippen molar-refractivity contribution in [1.82, 2.24) is 5.32 Å². The maximum Gasteiger partial charge on any atom is 0.254 e. The van der Waals surface area contributed by atoms with E-state index in [9.17, 15) is 14.7 Å². The molecular formula is C21H20N2O3. The number of aliphatic hydroxyl groups excluding tert-OH is 1. The van der Waals surface area contributed by atoms with E-state index < -0.39 is 24.0 Å². The van der Waals surface area contributed by atoms with Crippen LogP contribution in [0, 0.1) is 0 Å². The predicted molar refractivity (Wildman–Crippen MR) is 100 cm³/mol. The highest BCUT2D eigenvalue weighted by atomic mass is 16.3. The molecule has 3 rings (SSSR count). The van der Waals surface area contributed by atoms with Crippen LogP contribution in [0.25, 0.3) is 10.8 Å². The van der Waals surface area contributed by atoms with E-state index in [2.05, 4.69) is 5.32 Å². The van der Waals surface area contributed by atoms with E-state index in [-0.39, 0.29) is 6.42 Å². The fourth-order valence-electron chi connectivity index (χ4n) is 2.86. The van der Waals surface area contributed by atoms with Gasteiger partial charge in [0.15, 0.2) is 6.10 Å². The summed E-state index contributed by atoms with van der Waals surface area (Å²) in [6, 6.07) is 21.3. The minimum Gasteiger partial charge on any atom is -0.378 e. The molecule has 0 unspecified atom stereocenters. The number of nitrogens with one attached hydrogen (secondary N) is 1. The molecule has 0 aliphatic rings. The van der Waals surface area contributed by atoms with Gasteiger partial charge in [0.05, 0.1) is 0 Å². The summed E-state index contributed by atoms with van der Waals surface area (Å²) in [5.74, 6) is -1.30. The Labute approximate surface area is 151 Å². The van der Waals surface area contributed by atoms with Crippen molar-refractivity contribution in [2.24, 2.45) is 5.73 Å². The molecule has 0 saturated carbocycles. The Morgan fingerprint density at radius 2 is 1.58 bits per heavy atom. The number of nitrogens with two attached hydrogens (primary N) is 1. The van der Waals surface area contributed by atoms with Gasteiger partial charge in [0, 0.05) is 6.42 Å². The fraction of sp³-hybridized carbons (Fsp3) is 0.143. The van der Waals surface area contributed by atoms with Crippen LogP contribution >= 0.6 is 0 Å². The Kier molecular flexibility index (Phi) is 5.29. The average molecular weight is 348 g/mol. The normalized spacial score (nSPS) is 13.1. The Morgan fingerprint density at radius 3 is 2.27 bits per heavy atom. The van der Waals surface area contributed by atoms with Crippen molar-refractivity contribution in [3.05, 3.63) is 83.9 Å². The third-order valence-corrected chi connectivity index (χ3v) is 4.28.